The molecular weight excluding hydrogens is 264 g/mol. The predicted octanol–water partition coefficient (Wildman–Crippen LogP) is 2.65. The number of carbonyl (C=O) groups excluding carboxylic acids is 1. The van der Waals surface area contributed by atoms with Gasteiger partial charge in [-0.05, 0) is 57.0 Å². The number of amides is 1. The number of ether oxygens (including phenoxy) is 1. The Kier molecular flexibility index (Phi) is 5.23. The molecule has 116 valence electrons. The van der Waals surface area contributed by atoms with Gasteiger partial charge in [0.25, 0.3) is 0 Å². The molecule has 0 aliphatic carbocycles. The molecular formula is C17H26N2O2. The standard InChI is InChI=1S/C17H26N2O2/c1-4-17(9-11-18-12-10-17)16(20)19-13(2)14-5-7-15(21-3)8-6-14/h5-8,13,18H,4,9-12H2,1-3H3,(H,19,20). The lowest BCUT2D eigenvalue weighted by Gasteiger charge is -2.36. The fraction of sp³-hybridized carbons (Fsp3) is 0.588. The molecule has 0 aromatic heterocycles. The molecule has 1 aromatic rings. The van der Waals surface area contributed by atoms with Crippen molar-refractivity contribution in [1.29, 1.82) is 0 Å². The van der Waals surface area contributed by atoms with Crippen molar-refractivity contribution >= 4 is 5.91 Å². The van der Waals surface area contributed by atoms with Gasteiger partial charge >= 0.3 is 0 Å². The van der Waals surface area contributed by atoms with E-state index in [0.29, 0.717) is 0 Å². The molecule has 1 saturated heterocycles. The van der Waals surface area contributed by atoms with Gasteiger partial charge in [-0.25, -0.2) is 0 Å². The summed E-state index contributed by atoms with van der Waals surface area (Å²) in [6, 6.07) is 7.88. The smallest absolute Gasteiger partial charge is 0.226 e. The summed E-state index contributed by atoms with van der Waals surface area (Å²) < 4.78 is 5.16. The molecule has 1 aliphatic rings. The summed E-state index contributed by atoms with van der Waals surface area (Å²) in [6.45, 7) is 6.00. The SMILES string of the molecule is CCC1(C(=O)NC(C)c2ccc(OC)cc2)CCNCC1. The summed E-state index contributed by atoms with van der Waals surface area (Å²) in [7, 11) is 1.66. The maximum Gasteiger partial charge on any atom is 0.226 e. The fourth-order valence-corrected chi connectivity index (χ4v) is 2.97. The molecule has 2 rings (SSSR count). The minimum Gasteiger partial charge on any atom is -0.497 e. The summed E-state index contributed by atoms with van der Waals surface area (Å²) in [5, 5.41) is 6.52. The van der Waals surface area contributed by atoms with Gasteiger partial charge < -0.3 is 15.4 Å². The summed E-state index contributed by atoms with van der Waals surface area (Å²) in [5.41, 5.74) is 0.899. The van der Waals surface area contributed by atoms with Crippen LogP contribution in [-0.4, -0.2) is 26.1 Å². The van der Waals surface area contributed by atoms with E-state index in [4.69, 9.17) is 4.74 Å². The summed E-state index contributed by atoms with van der Waals surface area (Å²) >= 11 is 0. The van der Waals surface area contributed by atoms with Crippen LogP contribution in [0.5, 0.6) is 5.75 Å². The van der Waals surface area contributed by atoms with Crippen molar-refractivity contribution < 1.29 is 9.53 Å². The monoisotopic (exact) mass is 290 g/mol. The normalized spacial score (nSPS) is 18.8. The third-order valence-electron chi connectivity index (χ3n) is 4.68. The van der Waals surface area contributed by atoms with Crippen LogP contribution in [0.15, 0.2) is 24.3 Å². The van der Waals surface area contributed by atoms with E-state index in [1.807, 2.05) is 31.2 Å². The Morgan fingerprint density at radius 1 is 1.33 bits per heavy atom. The van der Waals surface area contributed by atoms with Gasteiger partial charge in [0.1, 0.15) is 5.75 Å². The van der Waals surface area contributed by atoms with E-state index in [-0.39, 0.29) is 17.4 Å². The molecule has 1 aromatic carbocycles. The van der Waals surface area contributed by atoms with Crippen LogP contribution < -0.4 is 15.4 Å². The van der Waals surface area contributed by atoms with Crippen LogP contribution in [0.25, 0.3) is 0 Å². The second kappa shape index (κ2) is 6.94. The fourth-order valence-electron chi connectivity index (χ4n) is 2.97. The zero-order valence-corrected chi connectivity index (χ0v) is 13.2. The molecule has 4 heteroatoms. The third-order valence-corrected chi connectivity index (χ3v) is 4.68. The second-order valence-electron chi connectivity index (χ2n) is 5.85. The molecule has 0 spiro atoms. The number of piperidine rings is 1. The number of methoxy groups -OCH3 is 1. The predicted molar refractivity (Wildman–Crippen MR) is 84.4 cm³/mol. The Morgan fingerprint density at radius 3 is 2.48 bits per heavy atom. The average molecular weight is 290 g/mol. The molecule has 1 fully saturated rings. The largest absolute Gasteiger partial charge is 0.497 e. The van der Waals surface area contributed by atoms with Gasteiger partial charge in [-0.3, -0.25) is 4.79 Å². The van der Waals surface area contributed by atoms with E-state index in [2.05, 4.69) is 17.6 Å². The molecule has 1 amide bonds. The van der Waals surface area contributed by atoms with Gasteiger partial charge in [0.15, 0.2) is 0 Å². The first-order valence-electron chi connectivity index (χ1n) is 7.77. The van der Waals surface area contributed by atoms with Crippen molar-refractivity contribution in [2.45, 2.75) is 39.2 Å². The number of carbonyl (C=O) groups is 1. The minimum absolute atomic E-state index is 0.0155. The number of rotatable bonds is 5. The van der Waals surface area contributed by atoms with Gasteiger partial charge in [0.2, 0.25) is 5.91 Å². The first-order chi connectivity index (χ1) is 10.1. The van der Waals surface area contributed by atoms with Crippen molar-refractivity contribution in [2.24, 2.45) is 5.41 Å². The van der Waals surface area contributed by atoms with Crippen molar-refractivity contribution in [3.63, 3.8) is 0 Å². The zero-order valence-electron chi connectivity index (χ0n) is 13.2. The highest BCUT2D eigenvalue weighted by Gasteiger charge is 2.38. The highest BCUT2D eigenvalue weighted by Crippen LogP contribution is 2.33. The average Bonchev–Trinajstić information content (AvgIpc) is 2.55. The van der Waals surface area contributed by atoms with Crippen molar-refractivity contribution in [3.05, 3.63) is 29.8 Å². The van der Waals surface area contributed by atoms with Crippen molar-refractivity contribution in [1.82, 2.24) is 10.6 Å². The van der Waals surface area contributed by atoms with E-state index in [0.717, 1.165) is 43.7 Å². The van der Waals surface area contributed by atoms with E-state index in [1.165, 1.54) is 0 Å². The summed E-state index contributed by atoms with van der Waals surface area (Å²) in [5.74, 6) is 1.02. The van der Waals surface area contributed by atoms with Crippen molar-refractivity contribution in [2.75, 3.05) is 20.2 Å². The zero-order chi connectivity index (χ0) is 15.3. The van der Waals surface area contributed by atoms with E-state index in [1.54, 1.807) is 7.11 Å². The first-order valence-corrected chi connectivity index (χ1v) is 7.77. The molecule has 1 aliphatic heterocycles. The Balaban J connectivity index is 2.03. The molecule has 0 radical (unpaired) electrons. The van der Waals surface area contributed by atoms with Gasteiger partial charge in [-0.1, -0.05) is 19.1 Å². The van der Waals surface area contributed by atoms with E-state index < -0.39 is 0 Å². The molecule has 21 heavy (non-hydrogen) atoms. The number of hydrogen-bond acceptors (Lipinski definition) is 3. The maximum atomic E-state index is 12.7. The Morgan fingerprint density at radius 2 is 1.95 bits per heavy atom. The number of nitrogens with one attached hydrogen (secondary N) is 2. The lowest BCUT2D eigenvalue weighted by atomic mass is 9.75. The van der Waals surface area contributed by atoms with Gasteiger partial charge in [0.05, 0.1) is 18.6 Å². The Bertz CT molecular complexity index is 464. The minimum atomic E-state index is -0.202. The summed E-state index contributed by atoms with van der Waals surface area (Å²) in [6.07, 6.45) is 2.74. The van der Waals surface area contributed by atoms with Crippen LogP contribution in [0.2, 0.25) is 0 Å². The lowest BCUT2D eigenvalue weighted by Crippen LogP contribution is -2.47. The van der Waals surface area contributed by atoms with Gasteiger partial charge in [-0.15, -0.1) is 0 Å². The maximum absolute atomic E-state index is 12.7. The van der Waals surface area contributed by atoms with Crippen LogP contribution in [0.1, 0.15) is 44.7 Å². The second-order valence-corrected chi connectivity index (χ2v) is 5.85. The number of benzene rings is 1. The Labute approximate surface area is 127 Å². The lowest BCUT2D eigenvalue weighted by molar-refractivity contribution is -0.133. The molecule has 1 heterocycles. The Hall–Kier alpha value is -1.55. The molecule has 2 N–H and O–H groups in total. The summed E-state index contributed by atoms with van der Waals surface area (Å²) in [4.78, 5) is 12.7. The molecule has 0 bridgehead atoms. The van der Waals surface area contributed by atoms with Crippen LogP contribution >= 0.6 is 0 Å². The van der Waals surface area contributed by atoms with Gasteiger partial charge in [-0.2, -0.15) is 0 Å². The topological polar surface area (TPSA) is 50.4 Å². The molecule has 0 saturated carbocycles. The van der Waals surface area contributed by atoms with Crippen LogP contribution in [-0.2, 0) is 4.79 Å². The van der Waals surface area contributed by atoms with Crippen LogP contribution in [0, 0.1) is 5.41 Å². The first kappa shape index (κ1) is 15.8. The third kappa shape index (κ3) is 3.56. The van der Waals surface area contributed by atoms with Crippen LogP contribution in [0.4, 0.5) is 0 Å². The highest BCUT2D eigenvalue weighted by atomic mass is 16.5. The quantitative estimate of drug-likeness (QED) is 0.876. The highest BCUT2D eigenvalue weighted by molar-refractivity contribution is 5.83. The molecule has 1 unspecified atom stereocenters. The molecule has 4 nitrogen and oxygen atoms in total. The van der Waals surface area contributed by atoms with Gasteiger partial charge in [0, 0.05) is 0 Å². The molecule has 1 atom stereocenters. The number of hydrogen-bond donors (Lipinski definition) is 2. The van der Waals surface area contributed by atoms with E-state index in [9.17, 15) is 4.79 Å². The van der Waals surface area contributed by atoms with E-state index >= 15 is 0 Å². The van der Waals surface area contributed by atoms with Crippen LogP contribution in [0.3, 0.4) is 0 Å². The van der Waals surface area contributed by atoms with Crippen molar-refractivity contribution in [3.8, 4) is 5.75 Å².